The van der Waals surface area contributed by atoms with Crippen LogP contribution in [0.5, 0.6) is 0 Å². The van der Waals surface area contributed by atoms with Crippen molar-refractivity contribution in [3.8, 4) is 0 Å². The van der Waals surface area contributed by atoms with Gasteiger partial charge >= 0.3 is 0 Å². The molecule has 1 aliphatic heterocycles. The maximum Gasteiger partial charge on any atom is 0.223 e. The van der Waals surface area contributed by atoms with Gasteiger partial charge in [-0.2, -0.15) is 0 Å². The minimum Gasteiger partial charge on any atom is -0.460 e. The molecule has 3 aromatic heterocycles. The van der Waals surface area contributed by atoms with E-state index < -0.39 is 0 Å². The third-order valence-electron chi connectivity index (χ3n) is 4.83. The highest BCUT2D eigenvalue weighted by molar-refractivity contribution is 7.19. The number of hydrogen-bond acceptors (Lipinski definition) is 8. The number of anilines is 2. The van der Waals surface area contributed by atoms with E-state index in [4.69, 9.17) is 4.42 Å². The molecule has 1 N–H and O–H groups in total. The lowest BCUT2D eigenvalue weighted by Crippen LogP contribution is -2.47. The monoisotopic (exact) mass is 386 g/mol. The second-order valence-electron chi connectivity index (χ2n) is 6.78. The lowest BCUT2D eigenvalue weighted by atomic mass is 10.1. The highest BCUT2D eigenvalue weighted by Gasteiger charge is 2.24. The van der Waals surface area contributed by atoms with Crippen LogP contribution in [-0.4, -0.2) is 52.2 Å². The van der Waals surface area contributed by atoms with Gasteiger partial charge in [-0.25, -0.2) is 0 Å². The smallest absolute Gasteiger partial charge is 0.223 e. The highest BCUT2D eigenvalue weighted by atomic mass is 32.1. The number of amides is 1. The number of piperazine rings is 1. The van der Waals surface area contributed by atoms with E-state index in [-0.39, 0.29) is 11.9 Å². The molecule has 1 aliphatic rings. The van der Waals surface area contributed by atoms with E-state index >= 15 is 0 Å². The molecule has 9 heteroatoms. The minimum absolute atomic E-state index is 0.131. The summed E-state index contributed by atoms with van der Waals surface area (Å²) in [6, 6.07) is 4.32. The molecule has 0 aliphatic carbocycles. The van der Waals surface area contributed by atoms with Gasteiger partial charge in [-0.05, 0) is 25.5 Å². The van der Waals surface area contributed by atoms with Crippen molar-refractivity contribution in [3.05, 3.63) is 29.7 Å². The largest absolute Gasteiger partial charge is 0.460 e. The summed E-state index contributed by atoms with van der Waals surface area (Å²) in [6.45, 7) is 9.19. The molecule has 8 nitrogen and oxygen atoms in total. The average Bonchev–Trinajstić information content (AvgIpc) is 3.25. The summed E-state index contributed by atoms with van der Waals surface area (Å²) in [5.41, 5.74) is 2.91. The van der Waals surface area contributed by atoms with E-state index in [1.165, 1.54) is 18.3 Å². The van der Waals surface area contributed by atoms with Gasteiger partial charge in [-0.3, -0.25) is 14.7 Å². The van der Waals surface area contributed by atoms with E-state index in [9.17, 15) is 4.79 Å². The van der Waals surface area contributed by atoms with Gasteiger partial charge in [-0.1, -0.05) is 11.3 Å². The van der Waals surface area contributed by atoms with Crippen LogP contribution in [0, 0.1) is 6.92 Å². The van der Waals surface area contributed by atoms with Gasteiger partial charge in [-0.15, -0.1) is 10.2 Å². The first-order chi connectivity index (χ1) is 13.0. The van der Waals surface area contributed by atoms with Crippen molar-refractivity contribution in [2.45, 2.75) is 26.8 Å². The van der Waals surface area contributed by atoms with Crippen LogP contribution >= 0.6 is 11.3 Å². The molecular formula is C18H22N6O2S. The fraction of sp³-hybridized carbons (Fsp3) is 0.444. The van der Waals surface area contributed by atoms with Crippen LogP contribution in [0.1, 0.15) is 31.2 Å². The second-order valence-corrected chi connectivity index (χ2v) is 7.74. The number of pyridine rings is 1. The van der Waals surface area contributed by atoms with Crippen molar-refractivity contribution >= 4 is 38.6 Å². The predicted octanol–water partition coefficient (Wildman–Crippen LogP) is 2.83. The number of hydrogen-bond donors (Lipinski definition) is 1. The summed E-state index contributed by atoms with van der Waals surface area (Å²) in [6.07, 6.45) is 1.94. The van der Waals surface area contributed by atoms with E-state index in [0.717, 1.165) is 53.7 Å². The van der Waals surface area contributed by atoms with Gasteiger partial charge in [0.15, 0.2) is 5.58 Å². The molecule has 1 atom stereocenters. The molecule has 0 bridgehead atoms. The van der Waals surface area contributed by atoms with Gasteiger partial charge in [0.2, 0.25) is 16.2 Å². The van der Waals surface area contributed by atoms with Crippen molar-refractivity contribution < 1.29 is 9.21 Å². The Morgan fingerprint density at radius 1 is 1.26 bits per heavy atom. The average molecular weight is 386 g/mol. The Bertz CT molecular complexity index is 960. The van der Waals surface area contributed by atoms with Crippen molar-refractivity contribution in [3.63, 3.8) is 0 Å². The number of aryl methyl sites for hydroxylation is 1. The fourth-order valence-corrected chi connectivity index (χ4v) is 4.18. The van der Waals surface area contributed by atoms with Gasteiger partial charge in [0.05, 0.1) is 0 Å². The SMILES string of the molecule is CC(=O)Nc1nnc(N2CCN(C(C)c3cnc4cc(C)oc4c3)CC2)s1. The Labute approximate surface area is 161 Å². The summed E-state index contributed by atoms with van der Waals surface area (Å²) in [4.78, 5) is 20.3. The van der Waals surface area contributed by atoms with Gasteiger partial charge < -0.3 is 14.6 Å². The molecule has 1 amide bonds. The van der Waals surface area contributed by atoms with E-state index in [0.29, 0.717) is 5.13 Å². The minimum atomic E-state index is -0.131. The molecule has 4 rings (SSSR count). The first kappa shape index (κ1) is 17.9. The number of aromatic nitrogens is 3. The number of fused-ring (bicyclic) bond motifs is 1. The molecule has 27 heavy (non-hydrogen) atoms. The lowest BCUT2D eigenvalue weighted by Gasteiger charge is -2.37. The third kappa shape index (κ3) is 3.79. The summed E-state index contributed by atoms with van der Waals surface area (Å²) >= 11 is 1.41. The number of rotatable bonds is 4. The summed E-state index contributed by atoms with van der Waals surface area (Å²) in [7, 11) is 0. The molecule has 142 valence electrons. The van der Waals surface area contributed by atoms with E-state index in [1.54, 1.807) is 0 Å². The van der Waals surface area contributed by atoms with Gasteiger partial charge in [0.25, 0.3) is 0 Å². The number of carbonyl (C=O) groups is 1. The van der Waals surface area contributed by atoms with E-state index in [1.807, 2.05) is 19.2 Å². The van der Waals surface area contributed by atoms with Crippen LogP contribution in [0.2, 0.25) is 0 Å². The van der Waals surface area contributed by atoms with Gasteiger partial charge in [0.1, 0.15) is 11.3 Å². The number of nitrogens with zero attached hydrogens (tertiary/aromatic N) is 5. The van der Waals surface area contributed by atoms with Crippen LogP contribution in [-0.2, 0) is 4.79 Å². The van der Waals surface area contributed by atoms with Crippen LogP contribution < -0.4 is 10.2 Å². The first-order valence-electron chi connectivity index (χ1n) is 8.96. The summed E-state index contributed by atoms with van der Waals surface area (Å²) < 4.78 is 5.72. The Balaban J connectivity index is 1.40. The zero-order chi connectivity index (χ0) is 19.0. The zero-order valence-electron chi connectivity index (χ0n) is 15.6. The Morgan fingerprint density at radius 3 is 2.78 bits per heavy atom. The highest BCUT2D eigenvalue weighted by Crippen LogP contribution is 2.28. The standard InChI is InChI=1S/C18H22N6O2S/c1-11-8-15-16(26-11)9-14(10-19-15)12(2)23-4-6-24(7-5-23)18-22-21-17(27-18)20-13(3)25/h8-10,12H,4-7H2,1-3H3,(H,20,21,25). The number of furan rings is 1. The van der Waals surface area contributed by atoms with Crippen molar-refractivity contribution in [1.29, 1.82) is 0 Å². The van der Waals surface area contributed by atoms with Crippen LogP contribution in [0.4, 0.5) is 10.3 Å². The molecule has 1 fully saturated rings. The molecule has 0 aromatic carbocycles. The molecule has 1 unspecified atom stereocenters. The normalized spacial score (nSPS) is 16.6. The van der Waals surface area contributed by atoms with Crippen LogP contribution in [0.25, 0.3) is 11.1 Å². The van der Waals surface area contributed by atoms with Crippen LogP contribution in [0.3, 0.4) is 0 Å². The molecule has 3 aromatic rings. The predicted molar refractivity (Wildman–Crippen MR) is 105 cm³/mol. The second kappa shape index (κ2) is 7.24. The Morgan fingerprint density at radius 2 is 2.04 bits per heavy atom. The van der Waals surface area contributed by atoms with Crippen molar-refractivity contribution in [1.82, 2.24) is 20.1 Å². The van der Waals surface area contributed by atoms with Gasteiger partial charge in [0, 0.05) is 51.4 Å². The molecule has 0 spiro atoms. The quantitative estimate of drug-likeness (QED) is 0.738. The summed E-state index contributed by atoms with van der Waals surface area (Å²) in [5, 5.41) is 12.3. The zero-order valence-corrected chi connectivity index (χ0v) is 16.4. The van der Waals surface area contributed by atoms with Crippen molar-refractivity contribution in [2.75, 3.05) is 36.4 Å². The lowest BCUT2D eigenvalue weighted by molar-refractivity contribution is -0.114. The topological polar surface area (TPSA) is 87.4 Å². The Hall–Kier alpha value is -2.52. The maximum absolute atomic E-state index is 11.1. The molecular weight excluding hydrogens is 364 g/mol. The molecule has 1 saturated heterocycles. The summed E-state index contributed by atoms with van der Waals surface area (Å²) in [5.74, 6) is 0.750. The van der Waals surface area contributed by atoms with Crippen LogP contribution in [0.15, 0.2) is 22.7 Å². The van der Waals surface area contributed by atoms with E-state index in [2.05, 4.69) is 43.3 Å². The maximum atomic E-state index is 11.1. The number of nitrogens with one attached hydrogen (secondary N) is 1. The van der Waals surface area contributed by atoms with Crippen molar-refractivity contribution in [2.24, 2.45) is 0 Å². The molecule has 0 radical (unpaired) electrons. The fourth-order valence-electron chi connectivity index (χ4n) is 3.34. The molecule has 4 heterocycles. The third-order valence-corrected chi connectivity index (χ3v) is 5.73. The molecule has 0 saturated carbocycles. The first-order valence-corrected chi connectivity index (χ1v) is 9.77. The Kier molecular flexibility index (Phi) is 4.79. The number of carbonyl (C=O) groups excluding carboxylic acids is 1.